The Morgan fingerprint density at radius 3 is 3.00 bits per heavy atom. The van der Waals surface area contributed by atoms with Gasteiger partial charge in [-0.3, -0.25) is 0 Å². The molecule has 0 aliphatic rings. The molecule has 0 spiro atoms. The van der Waals surface area contributed by atoms with Gasteiger partial charge >= 0.3 is 0 Å². The molecule has 74 valence electrons. The van der Waals surface area contributed by atoms with Crippen molar-refractivity contribution in [2.45, 2.75) is 29.0 Å². The average molecular weight is 218 g/mol. The predicted octanol–water partition coefficient (Wildman–Crippen LogP) is 1.33. The molecule has 1 aromatic rings. The van der Waals surface area contributed by atoms with Gasteiger partial charge in [-0.05, 0) is 6.42 Å². The number of nitrogens with zero attached hydrogens (tertiary/aromatic N) is 1. The molecule has 0 aliphatic heterocycles. The lowest BCUT2D eigenvalue weighted by Gasteiger charge is -2.18. The second-order valence-corrected chi connectivity index (χ2v) is 5.09. The second-order valence-electron chi connectivity index (χ2n) is 2.71. The normalized spacial score (nSPS) is 15.6. The number of hydrogen-bond donors (Lipinski definition) is 2. The summed E-state index contributed by atoms with van der Waals surface area (Å²) in [5.74, 6) is 0. The fourth-order valence-corrected chi connectivity index (χ4v) is 2.86. The van der Waals surface area contributed by atoms with Crippen LogP contribution >= 0.6 is 23.1 Å². The quantitative estimate of drug-likeness (QED) is 0.732. The molecule has 0 aliphatic carbocycles. The maximum atomic E-state index is 9.10. The molecule has 0 radical (unpaired) electrons. The molecule has 2 unspecified atom stereocenters. The van der Waals surface area contributed by atoms with Crippen molar-refractivity contribution < 1.29 is 5.11 Å². The highest BCUT2D eigenvalue weighted by molar-refractivity contribution is 8.01. The van der Waals surface area contributed by atoms with Gasteiger partial charge in [-0.1, -0.05) is 18.7 Å². The van der Waals surface area contributed by atoms with E-state index >= 15 is 0 Å². The molecular weight excluding hydrogens is 204 g/mol. The van der Waals surface area contributed by atoms with E-state index in [1.807, 2.05) is 12.3 Å². The molecule has 1 heterocycles. The predicted molar refractivity (Wildman–Crippen MR) is 57.1 cm³/mol. The zero-order chi connectivity index (χ0) is 9.68. The summed E-state index contributed by atoms with van der Waals surface area (Å²) in [6.45, 7) is 2.13. The van der Waals surface area contributed by atoms with Crippen LogP contribution in [0.3, 0.4) is 0 Å². The van der Waals surface area contributed by atoms with Crippen LogP contribution in [0, 0.1) is 0 Å². The number of nitrogens with two attached hydrogens (primary N) is 1. The standard InChI is InChI=1S/C8H14N2OS2/c1-2-6(9)7(5-11)13-8-10-3-4-12-8/h3-4,6-7,11H,2,5,9H2,1H3. The monoisotopic (exact) mass is 218 g/mol. The molecule has 3 N–H and O–H groups in total. The van der Waals surface area contributed by atoms with E-state index in [1.165, 1.54) is 0 Å². The van der Waals surface area contributed by atoms with Crippen molar-refractivity contribution in [2.75, 3.05) is 6.61 Å². The Hall–Kier alpha value is -0.100. The van der Waals surface area contributed by atoms with E-state index in [4.69, 9.17) is 10.8 Å². The highest BCUT2D eigenvalue weighted by Gasteiger charge is 2.17. The molecule has 0 bridgehead atoms. The molecule has 5 heteroatoms. The van der Waals surface area contributed by atoms with Crippen LogP contribution < -0.4 is 5.73 Å². The molecule has 3 nitrogen and oxygen atoms in total. The molecule has 0 fully saturated rings. The van der Waals surface area contributed by atoms with Crippen molar-refractivity contribution in [1.82, 2.24) is 4.98 Å². The third-order valence-corrected chi connectivity index (χ3v) is 4.04. The minimum Gasteiger partial charge on any atom is -0.395 e. The summed E-state index contributed by atoms with van der Waals surface area (Å²) >= 11 is 3.14. The van der Waals surface area contributed by atoms with Gasteiger partial charge in [-0.2, -0.15) is 0 Å². The van der Waals surface area contributed by atoms with Crippen molar-refractivity contribution >= 4 is 23.1 Å². The minimum atomic E-state index is 0.0406. The Kier molecular flexibility index (Phi) is 4.72. The number of hydrogen-bond acceptors (Lipinski definition) is 5. The first-order valence-electron chi connectivity index (χ1n) is 4.20. The van der Waals surface area contributed by atoms with Crippen LogP contribution in [0.4, 0.5) is 0 Å². The van der Waals surface area contributed by atoms with E-state index in [9.17, 15) is 0 Å². The summed E-state index contributed by atoms with van der Waals surface area (Å²) in [6, 6.07) is 0.0406. The first kappa shape index (κ1) is 11.0. The maximum absolute atomic E-state index is 9.10. The van der Waals surface area contributed by atoms with Gasteiger partial charge in [0.15, 0.2) is 0 Å². The van der Waals surface area contributed by atoms with Crippen LogP contribution in [0.5, 0.6) is 0 Å². The molecular formula is C8H14N2OS2. The Morgan fingerprint density at radius 2 is 2.54 bits per heavy atom. The van der Waals surface area contributed by atoms with Crippen LogP contribution in [-0.4, -0.2) is 28.0 Å². The van der Waals surface area contributed by atoms with Gasteiger partial charge in [0.05, 0.1) is 6.61 Å². The van der Waals surface area contributed by atoms with Gasteiger partial charge in [0.25, 0.3) is 0 Å². The first-order valence-corrected chi connectivity index (χ1v) is 5.96. The smallest absolute Gasteiger partial charge is 0.150 e. The Bertz CT molecular complexity index is 228. The SMILES string of the molecule is CCC(N)C(CO)Sc1nccs1. The zero-order valence-corrected chi connectivity index (χ0v) is 9.14. The summed E-state index contributed by atoms with van der Waals surface area (Å²) in [5, 5.41) is 11.1. The van der Waals surface area contributed by atoms with Crippen LogP contribution in [-0.2, 0) is 0 Å². The maximum Gasteiger partial charge on any atom is 0.150 e. The summed E-state index contributed by atoms with van der Waals surface area (Å²) in [6.07, 6.45) is 2.64. The third-order valence-electron chi connectivity index (χ3n) is 1.79. The summed E-state index contributed by atoms with van der Waals surface area (Å²) in [5.41, 5.74) is 5.84. The first-order chi connectivity index (χ1) is 6.27. The highest BCUT2D eigenvalue weighted by atomic mass is 32.2. The van der Waals surface area contributed by atoms with Crippen LogP contribution in [0.1, 0.15) is 13.3 Å². The Labute approximate surface area is 86.4 Å². The van der Waals surface area contributed by atoms with Crippen LogP contribution in [0.15, 0.2) is 15.9 Å². The van der Waals surface area contributed by atoms with Gasteiger partial charge in [-0.25, -0.2) is 4.98 Å². The number of aliphatic hydroxyl groups excluding tert-OH is 1. The number of aliphatic hydroxyl groups is 1. The molecule has 1 rings (SSSR count). The van der Waals surface area contributed by atoms with Crippen molar-refractivity contribution in [3.63, 3.8) is 0 Å². The molecule has 0 amide bonds. The number of thioether (sulfide) groups is 1. The van der Waals surface area contributed by atoms with Gasteiger partial charge < -0.3 is 10.8 Å². The molecule has 13 heavy (non-hydrogen) atoms. The summed E-state index contributed by atoms with van der Waals surface area (Å²) in [7, 11) is 0. The lowest BCUT2D eigenvalue weighted by atomic mass is 10.2. The number of aromatic nitrogens is 1. The van der Waals surface area contributed by atoms with E-state index in [-0.39, 0.29) is 17.9 Å². The van der Waals surface area contributed by atoms with E-state index in [1.54, 1.807) is 29.3 Å². The highest BCUT2D eigenvalue weighted by Crippen LogP contribution is 2.26. The lowest BCUT2D eigenvalue weighted by molar-refractivity contribution is 0.281. The molecule has 1 aromatic heterocycles. The van der Waals surface area contributed by atoms with Gasteiger partial charge in [0.2, 0.25) is 0 Å². The Morgan fingerprint density at radius 1 is 1.77 bits per heavy atom. The van der Waals surface area contributed by atoms with Crippen molar-refractivity contribution in [3.8, 4) is 0 Å². The van der Waals surface area contributed by atoms with E-state index < -0.39 is 0 Å². The number of thiazole rings is 1. The molecule has 0 saturated carbocycles. The summed E-state index contributed by atoms with van der Waals surface area (Å²) < 4.78 is 0.975. The van der Waals surface area contributed by atoms with Crippen molar-refractivity contribution in [1.29, 1.82) is 0 Å². The van der Waals surface area contributed by atoms with E-state index in [2.05, 4.69) is 4.98 Å². The average Bonchev–Trinajstić information content (AvgIpc) is 2.65. The fraction of sp³-hybridized carbons (Fsp3) is 0.625. The minimum absolute atomic E-state index is 0.0406. The molecule has 0 saturated heterocycles. The Balaban J connectivity index is 2.49. The van der Waals surface area contributed by atoms with E-state index in [0.29, 0.717) is 0 Å². The molecule has 0 aromatic carbocycles. The van der Waals surface area contributed by atoms with Crippen molar-refractivity contribution in [3.05, 3.63) is 11.6 Å². The molecule has 2 atom stereocenters. The van der Waals surface area contributed by atoms with Gasteiger partial charge in [-0.15, -0.1) is 11.3 Å². The summed E-state index contributed by atoms with van der Waals surface area (Å²) in [4.78, 5) is 4.14. The van der Waals surface area contributed by atoms with Gasteiger partial charge in [0, 0.05) is 22.9 Å². The van der Waals surface area contributed by atoms with Crippen LogP contribution in [0.25, 0.3) is 0 Å². The van der Waals surface area contributed by atoms with Gasteiger partial charge in [0.1, 0.15) is 4.34 Å². The lowest BCUT2D eigenvalue weighted by Crippen LogP contribution is -2.34. The largest absolute Gasteiger partial charge is 0.395 e. The third kappa shape index (κ3) is 3.27. The topological polar surface area (TPSA) is 59.1 Å². The second kappa shape index (κ2) is 5.59. The number of rotatable bonds is 5. The zero-order valence-electron chi connectivity index (χ0n) is 7.51. The van der Waals surface area contributed by atoms with Crippen LogP contribution in [0.2, 0.25) is 0 Å². The fourth-order valence-electron chi connectivity index (χ4n) is 0.921. The van der Waals surface area contributed by atoms with Crippen molar-refractivity contribution in [2.24, 2.45) is 5.73 Å². The van der Waals surface area contributed by atoms with E-state index in [0.717, 1.165) is 10.8 Å².